The first-order chi connectivity index (χ1) is 5.96. The zero-order chi connectivity index (χ0) is 10.1. The monoisotopic (exact) mass is 194 g/mol. The van der Waals surface area contributed by atoms with Crippen molar-refractivity contribution in [2.45, 2.75) is 37.7 Å². The van der Waals surface area contributed by atoms with Gasteiger partial charge in [-0.25, -0.2) is 4.79 Å². The number of aliphatic hydroxyl groups is 1. The van der Waals surface area contributed by atoms with Gasteiger partial charge < -0.3 is 10.2 Å². The van der Waals surface area contributed by atoms with E-state index in [4.69, 9.17) is 5.11 Å². The lowest BCUT2D eigenvalue weighted by atomic mass is 9.82. The summed E-state index contributed by atoms with van der Waals surface area (Å²) in [6, 6.07) is 0. The number of halogens is 2. The van der Waals surface area contributed by atoms with Crippen LogP contribution in [0.5, 0.6) is 0 Å². The van der Waals surface area contributed by atoms with Crippen LogP contribution in [0.4, 0.5) is 8.78 Å². The SMILES string of the molecule is O=C(O)C(F)(F)C1CCCCC1O. The van der Waals surface area contributed by atoms with Crippen molar-refractivity contribution >= 4 is 5.97 Å². The van der Waals surface area contributed by atoms with Crippen molar-refractivity contribution in [3.8, 4) is 0 Å². The van der Waals surface area contributed by atoms with Gasteiger partial charge in [-0.2, -0.15) is 8.78 Å². The van der Waals surface area contributed by atoms with Gasteiger partial charge in [-0.05, 0) is 12.8 Å². The summed E-state index contributed by atoms with van der Waals surface area (Å²) in [5, 5.41) is 17.5. The summed E-state index contributed by atoms with van der Waals surface area (Å²) in [6.07, 6.45) is 0.422. The van der Waals surface area contributed by atoms with Gasteiger partial charge in [0.2, 0.25) is 0 Å². The number of aliphatic hydroxyl groups excluding tert-OH is 1. The average molecular weight is 194 g/mol. The van der Waals surface area contributed by atoms with Crippen molar-refractivity contribution in [2.24, 2.45) is 5.92 Å². The summed E-state index contributed by atoms with van der Waals surface area (Å²) >= 11 is 0. The molecule has 0 heterocycles. The van der Waals surface area contributed by atoms with E-state index in [-0.39, 0.29) is 12.8 Å². The maximum atomic E-state index is 12.9. The first-order valence-corrected chi connectivity index (χ1v) is 4.25. The molecule has 1 saturated carbocycles. The molecule has 0 aromatic rings. The molecule has 1 aliphatic rings. The van der Waals surface area contributed by atoms with Crippen molar-refractivity contribution in [1.82, 2.24) is 0 Å². The molecule has 76 valence electrons. The van der Waals surface area contributed by atoms with Crippen LogP contribution in [0.3, 0.4) is 0 Å². The fourth-order valence-corrected chi connectivity index (χ4v) is 1.69. The zero-order valence-corrected chi connectivity index (χ0v) is 7.04. The van der Waals surface area contributed by atoms with Crippen LogP contribution in [0, 0.1) is 5.92 Å². The predicted molar refractivity (Wildman–Crippen MR) is 40.5 cm³/mol. The predicted octanol–water partition coefficient (Wildman–Crippen LogP) is 1.26. The first-order valence-electron chi connectivity index (χ1n) is 4.25. The molecular formula is C8H12F2O3. The maximum Gasteiger partial charge on any atom is 0.374 e. The molecular weight excluding hydrogens is 182 g/mol. The second kappa shape index (κ2) is 3.57. The molecule has 1 rings (SSSR count). The lowest BCUT2D eigenvalue weighted by Gasteiger charge is -2.31. The third kappa shape index (κ3) is 1.96. The van der Waals surface area contributed by atoms with Crippen molar-refractivity contribution in [3.05, 3.63) is 0 Å². The van der Waals surface area contributed by atoms with Crippen LogP contribution in [-0.4, -0.2) is 28.2 Å². The number of carboxylic acid groups (broad SMARTS) is 1. The number of hydrogen-bond acceptors (Lipinski definition) is 2. The number of carbonyl (C=O) groups is 1. The minimum atomic E-state index is -3.79. The van der Waals surface area contributed by atoms with E-state index in [1.54, 1.807) is 0 Å². The highest BCUT2D eigenvalue weighted by Crippen LogP contribution is 2.36. The summed E-state index contributed by atoms with van der Waals surface area (Å²) in [7, 11) is 0. The molecule has 1 aliphatic carbocycles. The third-order valence-corrected chi connectivity index (χ3v) is 2.48. The normalized spacial score (nSPS) is 30.1. The van der Waals surface area contributed by atoms with E-state index < -0.39 is 23.9 Å². The molecule has 0 aromatic carbocycles. The first kappa shape index (κ1) is 10.4. The Labute approximate surface area is 74.4 Å². The van der Waals surface area contributed by atoms with Gasteiger partial charge in [-0.3, -0.25) is 0 Å². The lowest BCUT2D eigenvalue weighted by Crippen LogP contribution is -2.44. The smallest absolute Gasteiger partial charge is 0.374 e. The van der Waals surface area contributed by atoms with E-state index in [1.807, 2.05) is 0 Å². The minimum Gasteiger partial charge on any atom is -0.477 e. The minimum absolute atomic E-state index is 0.0838. The van der Waals surface area contributed by atoms with Crippen LogP contribution >= 0.6 is 0 Å². The average Bonchev–Trinajstić information content (AvgIpc) is 2.04. The summed E-state index contributed by atoms with van der Waals surface area (Å²) in [5.41, 5.74) is 0. The number of aliphatic carboxylic acids is 1. The second-order valence-electron chi connectivity index (χ2n) is 3.39. The van der Waals surface area contributed by atoms with Gasteiger partial charge in [0.25, 0.3) is 0 Å². The molecule has 13 heavy (non-hydrogen) atoms. The molecule has 1 fully saturated rings. The van der Waals surface area contributed by atoms with Crippen LogP contribution in [0.1, 0.15) is 25.7 Å². The van der Waals surface area contributed by atoms with Gasteiger partial charge >= 0.3 is 11.9 Å². The fourth-order valence-electron chi connectivity index (χ4n) is 1.69. The van der Waals surface area contributed by atoms with Crippen LogP contribution in [0.15, 0.2) is 0 Å². The van der Waals surface area contributed by atoms with Gasteiger partial charge in [0.15, 0.2) is 0 Å². The summed E-state index contributed by atoms with van der Waals surface area (Å²) < 4.78 is 25.8. The molecule has 0 aromatic heterocycles. The van der Waals surface area contributed by atoms with Crippen molar-refractivity contribution in [1.29, 1.82) is 0 Å². The topological polar surface area (TPSA) is 57.5 Å². The van der Waals surface area contributed by atoms with Crippen molar-refractivity contribution < 1.29 is 23.8 Å². The Balaban J connectivity index is 2.73. The Kier molecular flexibility index (Phi) is 2.85. The summed E-state index contributed by atoms with van der Waals surface area (Å²) in [6.45, 7) is 0. The third-order valence-electron chi connectivity index (χ3n) is 2.48. The van der Waals surface area contributed by atoms with Crippen LogP contribution in [0.25, 0.3) is 0 Å². The van der Waals surface area contributed by atoms with Crippen LogP contribution < -0.4 is 0 Å². The Morgan fingerprint density at radius 3 is 2.31 bits per heavy atom. The van der Waals surface area contributed by atoms with Gasteiger partial charge in [0.05, 0.1) is 12.0 Å². The summed E-state index contributed by atoms with van der Waals surface area (Å²) in [4.78, 5) is 10.2. The highest BCUT2D eigenvalue weighted by molar-refractivity contribution is 5.75. The van der Waals surface area contributed by atoms with E-state index >= 15 is 0 Å². The Morgan fingerprint density at radius 2 is 1.85 bits per heavy atom. The maximum absolute atomic E-state index is 12.9. The highest BCUT2D eigenvalue weighted by atomic mass is 19.3. The molecule has 2 atom stereocenters. The van der Waals surface area contributed by atoms with E-state index in [9.17, 15) is 18.7 Å². The molecule has 0 spiro atoms. The summed E-state index contributed by atoms with van der Waals surface area (Å²) in [5.74, 6) is -7.35. The Bertz CT molecular complexity index is 206. The highest BCUT2D eigenvalue weighted by Gasteiger charge is 2.50. The van der Waals surface area contributed by atoms with E-state index in [0.717, 1.165) is 0 Å². The Hall–Kier alpha value is -0.710. The lowest BCUT2D eigenvalue weighted by molar-refractivity contribution is -0.183. The molecule has 0 aliphatic heterocycles. The quantitative estimate of drug-likeness (QED) is 0.695. The number of carboxylic acids is 1. The molecule has 2 N–H and O–H groups in total. The van der Waals surface area contributed by atoms with E-state index in [0.29, 0.717) is 12.8 Å². The van der Waals surface area contributed by atoms with Gasteiger partial charge in [-0.15, -0.1) is 0 Å². The van der Waals surface area contributed by atoms with Crippen LogP contribution in [-0.2, 0) is 4.79 Å². The molecule has 0 radical (unpaired) electrons. The van der Waals surface area contributed by atoms with Crippen LogP contribution in [0.2, 0.25) is 0 Å². The molecule has 0 amide bonds. The zero-order valence-electron chi connectivity index (χ0n) is 7.04. The van der Waals surface area contributed by atoms with Gasteiger partial charge in [-0.1, -0.05) is 12.8 Å². The Morgan fingerprint density at radius 1 is 1.31 bits per heavy atom. The largest absolute Gasteiger partial charge is 0.477 e. The number of rotatable bonds is 2. The van der Waals surface area contributed by atoms with Gasteiger partial charge in [0, 0.05) is 0 Å². The molecule has 5 heteroatoms. The number of alkyl halides is 2. The molecule has 0 bridgehead atoms. The molecule has 0 saturated heterocycles. The van der Waals surface area contributed by atoms with Gasteiger partial charge in [0.1, 0.15) is 0 Å². The van der Waals surface area contributed by atoms with Crippen molar-refractivity contribution in [3.63, 3.8) is 0 Å². The second-order valence-corrected chi connectivity index (χ2v) is 3.39. The van der Waals surface area contributed by atoms with E-state index in [2.05, 4.69) is 0 Å². The molecule has 2 unspecified atom stereocenters. The number of hydrogen-bond donors (Lipinski definition) is 2. The molecule has 3 nitrogen and oxygen atoms in total. The standard InChI is InChI=1S/C8H12F2O3/c9-8(10,7(12)13)5-3-1-2-4-6(5)11/h5-6,11H,1-4H2,(H,12,13). The van der Waals surface area contributed by atoms with Crippen molar-refractivity contribution in [2.75, 3.05) is 0 Å². The van der Waals surface area contributed by atoms with E-state index in [1.165, 1.54) is 0 Å². The fraction of sp³-hybridized carbons (Fsp3) is 0.875.